The molecule has 0 aliphatic carbocycles. The molecule has 0 unspecified atom stereocenters. The lowest BCUT2D eigenvalue weighted by atomic mass is 10.2. The molecule has 23 heavy (non-hydrogen) atoms. The van der Waals surface area contributed by atoms with Crippen LogP contribution in [0.25, 0.3) is 0 Å². The van der Waals surface area contributed by atoms with Crippen molar-refractivity contribution in [2.75, 3.05) is 27.2 Å². The van der Waals surface area contributed by atoms with Crippen molar-refractivity contribution in [3.8, 4) is 0 Å². The molecule has 1 aromatic rings. The largest absolute Gasteiger partial charge is 0.406 e. The van der Waals surface area contributed by atoms with E-state index in [9.17, 15) is 22.4 Å². The fourth-order valence-corrected chi connectivity index (χ4v) is 1.70. The van der Waals surface area contributed by atoms with Crippen LogP contribution in [0.5, 0.6) is 0 Å². The summed E-state index contributed by atoms with van der Waals surface area (Å²) in [5.74, 6) is -0.879. The maximum absolute atomic E-state index is 13.0. The van der Waals surface area contributed by atoms with Gasteiger partial charge in [0.1, 0.15) is 12.4 Å². The number of benzene rings is 1. The maximum atomic E-state index is 13.0. The van der Waals surface area contributed by atoms with Crippen LogP contribution in [0.2, 0.25) is 0 Å². The summed E-state index contributed by atoms with van der Waals surface area (Å²) in [5.41, 5.74) is 0.661. The third-order valence-electron chi connectivity index (χ3n) is 2.82. The summed E-state index contributed by atoms with van der Waals surface area (Å²) >= 11 is 0. The molecule has 0 radical (unpaired) electrons. The predicted molar refractivity (Wildman–Crippen MR) is 78.3 cm³/mol. The first-order valence-electron chi connectivity index (χ1n) is 6.71. The number of alkyl halides is 3. The molecular weight excluding hydrogens is 316 g/mol. The van der Waals surface area contributed by atoms with Gasteiger partial charge < -0.3 is 15.5 Å². The van der Waals surface area contributed by atoms with Crippen molar-refractivity contribution < 1.29 is 22.4 Å². The van der Waals surface area contributed by atoms with Gasteiger partial charge >= 0.3 is 6.18 Å². The highest BCUT2D eigenvalue weighted by Crippen LogP contribution is 2.15. The maximum Gasteiger partial charge on any atom is 0.406 e. The molecule has 9 heteroatoms. The van der Waals surface area contributed by atoms with Crippen LogP contribution in [-0.2, 0) is 11.3 Å². The minimum Gasteiger partial charge on any atom is -0.352 e. The van der Waals surface area contributed by atoms with E-state index in [1.54, 1.807) is 12.1 Å². The van der Waals surface area contributed by atoms with Gasteiger partial charge in [0.05, 0.1) is 6.54 Å². The van der Waals surface area contributed by atoms with E-state index in [1.807, 2.05) is 0 Å². The van der Waals surface area contributed by atoms with Gasteiger partial charge in [-0.1, -0.05) is 12.1 Å². The Balaban J connectivity index is 2.43. The lowest BCUT2D eigenvalue weighted by Gasteiger charge is -2.20. The molecular formula is C14H18F4N4O. The van der Waals surface area contributed by atoms with Crippen LogP contribution in [0.1, 0.15) is 5.56 Å². The smallest absolute Gasteiger partial charge is 0.352 e. The molecule has 0 aromatic heterocycles. The summed E-state index contributed by atoms with van der Waals surface area (Å²) in [7, 11) is 2.52. The van der Waals surface area contributed by atoms with Gasteiger partial charge in [-0.05, 0) is 17.7 Å². The van der Waals surface area contributed by atoms with E-state index in [4.69, 9.17) is 0 Å². The zero-order valence-corrected chi connectivity index (χ0v) is 12.7. The van der Waals surface area contributed by atoms with Crippen LogP contribution in [0.15, 0.2) is 29.3 Å². The molecule has 0 aliphatic heterocycles. The Kier molecular flexibility index (Phi) is 6.80. The van der Waals surface area contributed by atoms with Crippen molar-refractivity contribution in [1.29, 1.82) is 0 Å². The van der Waals surface area contributed by atoms with Gasteiger partial charge in [0, 0.05) is 20.6 Å². The van der Waals surface area contributed by atoms with Gasteiger partial charge in [-0.25, -0.2) is 4.39 Å². The van der Waals surface area contributed by atoms with Crippen LogP contribution < -0.4 is 10.6 Å². The van der Waals surface area contributed by atoms with Gasteiger partial charge in [-0.15, -0.1) is 0 Å². The third-order valence-corrected chi connectivity index (χ3v) is 2.82. The number of hydrogen-bond acceptors (Lipinski definition) is 2. The van der Waals surface area contributed by atoms with Crippen LogP contribution in [-0.4, -0.2) is 50.1 Å². The summed E-state index contributed by atoms with van der Waals surface area (Å²) in [6.45, 7) is -1.40. The van der Waals surface area contributed by atoms with Gasteiger partial charge in [0.15, 0.2) is 5.96 Å². The number of amides is 1. The zero-order chi connectivity index (χ0) is 17.5. The van der Waals surface area contributed by atoms with Crippen molar-refractivity contribution >= 4 is 11.9 Å². The number of halogens is 4. The average molecular weight is 334 g/mol. The number of likely N-dealkylation sites (N-methyl/N-ethyl adjacent to an activating group) is 1. The first-order valence-corrected chi connectivity index (χ1v) is 6.71. The van der Waals surface area contributed by atoms with E-state index in [2.05, 4.69) is 15.6 Å². The van der Waals surface area contributed by atoms with Gasteiger partial charge in [0.25, 0.3) is 0 Å². The molecule has 1 aromatic carbocycles. The van der Waals surface area contributed by atoms with Crippen LogP contribution in [0, 0.1) is 5.82 Å². The molecule has 0 saturated heterocycles. The molecule has 0 fully saturated rings. The minimum absolute atomic E-state index is 0.225. The quantitative estimate of drug-likeness (QED) is 0.488. The van der Waals surface area contributed by atoms with E-state index in [0.29, 0.717) is 10.5 Å². The number of rotatable bonds is 5. The Labute approximate surface area is 131 Å². The van der Waals surface area contributed by atoms with Gasteiger partial charge in [-0.3, -0.25) is 9.79 Å². The number of nitrogens with one attached hydrogen (secondary N) is 2. The molecule has 0 bridgehead atoms. The van der Waals surface area contributed by atoms with E-state index >= 15 is 0 Å². The molecule has 0 saturated carbocycles. The Morgan fingerprint density at radius 2 is 2.00 bits per heavy atom. The van der Waals surface area contributed by atoms with Crippen LogP contribution in [0.4, 0.5) is 17.6 Å². The van der Waals surface area contributed by atoms with Crippen molar-refractivity contribution in [3.05, 3.63) is 35.6 Å². The lowest BCUT2D eigenvalue weighted by Crippen LogP contribution is -2.45. The van der Waals surface area contributed by atoms with E-state index < -0.39 is 18.6 Å². The second-order valence-electron chi connectivity index (χ2n) is 4.77. The van der Waals surface area contributed by atoms with Crippen LogP contribution >= 0.6 is 0 Å². The molecule has 0 heterocycles. The number of guanidine groups is 1. The molecule has 2 N–H and O–H groups in total. The SMILES string of the molecule is CN=C(NCC(=O)N(C)CC(F)(F)F)NCc1cccc(F)c1. The number of carbonyl (C=O) groups is 1. The lowest BCUT2D eigenvalue weighted by molar-refractivity contribution is -0.157. The van der Waals surface area contributed by atoms with E-state index in [-0.39, 0.29) is 24.9 Å². The standard InChI is InChI=1S/C14H18F4N4O/c1-19-13(20-7-10-4-3-5-11(15)6-10)21-8-12(23)22(2)9-14(16,17)18/h3-6H,7-9H2,1-2H3,(H2,19,20,21). The highest BCUT2D eigenvalue weighted by atomic mass is 19.4. The van der Waals surface area contributed by atoms with E-state index in [0.717, 1.165) is 7.05 Å². The fourth-order valence-electron chi connectivity index (χ4n) is 1.70. The molecule has 5 nitrogen and oxygen atoms in total. The number of nitrogens with zero attached hydrogens (tertiary/aromatic N) is 2. The van der Waals surface area contributed by atoms with Gasteiger partial charge in [0.2, 0.25) is 5.91 Å². The van der Waals surface area contributed by atoms with E-state index in [1.165, 1.54) is 19.2 Å². The molecule has 0 spiro atoms. The minimum atomic E-state index is -4.44. The topological polar surface area (TPSA) is 56.7 Å². The summed E-state index contributed by atoms with van der Waals surface area (Å²) in [6, 6.07) is 5.90. The number of hydrogen-bond donors (Lipinski definition) is 2. The number of carbonyl (C=O) groups excluding carboxylic acids is 1. The Hall–Kier alpha value is -2.32. The molecule has 0 aliphatic rings. The van der Waals surface area contributed by atoms with Gasteiger partial charge in [-0.2, -0.15) is 13.2 Å². The molecule has 1 rings (SSSR count). The molecule has 0 atom stereocenters. The third kappa shape index (κ3) is 7.48. The normalized spacial score (nSPS) is 12.0. The molecule has 1 amide bonds. The molecule has 128 valence electrons. The van der Waals surface area contributed by atoms with Crippen molar-refractivity contribution in [2.24, 2.45) is 4.99 Å². The Morgan fingerprint density at radius 1 is 1.30 bits per heavy atom. The van der Waals surface area contributed by atoms with Crippen molar-refractivity contribution in [2.45, 2.75) is 12.7 Å². The Morgan fingerprint density at radius 3 is 2.57 bits per heavy atom. The fraction of sp³-hybridized carbons (Fsp3) is 0.429. The summed E-state index contributed by atoms with van der Waals surface area (Å²) < 4.78 is 49.6. The summed E-state index contributed by atoms with van der Waals surface area (Å²) in [5, 5.41) is 5.44. The zero-order valence-electron chi connectivity index (χ0n) is 12.7. The monoisotopic (exact) mass is 334 g/mol. The average Bonchev–Trinajstić information content (AvgIpc) is 2.45. The Bertz CT molecular complexity index is 560. The summed E-state index contributed by atoms with van der Waals surface area (Å²) in [4.78, 5) is 16.0. The first-order chi connectivity index (χ1) is 10.7. The first kappa shape index (κ1) is 18.7. The highest BCUT2D eigenvalue weighted by molar-refractivity contribution is 5.86. The van der Waals surface area contributed by atoms with Crippen molar-refractivity contribution in [1.82, 2.24) is 15.5 Å². The predicted octanol–water partition coefficient (Wildman–Crippen LogP) is 1.51. The second-order valence-corrected chi connectivity index (χ2v) is 4.77. The highest BCUT2D eigenvalue weighted by Gasteiger charge is 2.31. The van der Waals surface area contributed by atoms with Crippen molar-refractivity contribution in [3.63, 3.8) is 0 Å². The second kappa shape index (κ2) is 8.35. The number of aliphatic imine (C=N–C) groups is 1. The summed E-state index contributed by atoms with van der Waals surface area (Å²) in [6.07, 6.45) is -4.44. The van der Waals surface area contributed by atoms with Crippen LogP contribution in [0.3, 0.4) is 0 Å².